The van der Waals surface area contributed by atoms with Gasteiger partial charge in [-0.25, -0.2) is 18.3 Å². The van der Waals surface area contributed by atoms with Gasteiger partial charge in [0.1, 0.15) is 15.8 Å². The Morgan fingerprint density at radius 1 is 1.12 bits per heavy atom. The molecule has 0 bridgehead atoms. The summed E-state index contributed by atoms with van der Waals surface area (Å²) >= 11 is 1.05. The monoisotopic (exact) mass is 493 g/mol. The van der Waals surface area contributed by atoms with Crippen molar-refractivity contribution < 1.29 is 22.4 Å². The molecule has 0 N–H and O–H groups in total. The summed E-state index contributed by atoms with van der Waals surface area (Å²) < 4.78 is 33.2. The molecule has 2 amide bonds. The van der Waals surface area contributed by atoms with Crippen molar-refractivity contribution in [1.29, 1.82) is 0 Å². The van der Waals surface area contributed by atoms with Crippen molar-refractivity contribution in [2.45, 2.75) is 16.7 Å². The van der Waals surface area contributed by atoms with E-state index in [0.717, 1.165) is 26.1 Å². The first-order valence-electron chi connectivity index (χ1n) is 10.4. The zero-order valence-corrected chi connectivity index (χ0v) is 19.5. The first-order valence-corrected chi connectivity index (χ1v) is 12.7. The van der Waals surface area contributed by atoms with Crippen LogP contribution in [0.2, 0.25) is 0 Å². The molecule has 1 aliphatic rings. The lowest BCUT2D eigenvalue weighted by Gasteiger charge is -2.25. The molecule has 10 heteroatoms. The summed E-state index contributed by atoms with van der Waals surface area (Å²) in [6.45, 7) is 3.53. The number of rotatable bonds is 7. The van der Waals surface area contributed by atoms with Gasteiger partial charge in [-0.2, -0.15) is 4.31 Å². The number of carbonyl (C=O) groups excluding carboxylic acids is 2. The Kier molecular flexibility index (Phi) is 5.64. The summed E-state index contributed by atoms with van der Waals surface area (Å²) in [4.78, 5) is 31.6. The zero-order chi connectivity index (χ0) is 23.9. The Bertz CT molecular complexity index is 1460. The molecule has 2 aromatic heterocycles. The third kappa shape index (κ3) is 3.75. The fraction of sp³-hybridized carbons (Fsp3) is 0.125. The van der Waals surface area contributed by atoms with E-state index in [2.05, 4.69) is 11.6 Å². The molecule has 0 aliphatic carbocycles. The van der Waals surface area contributed by atoms with E-state index in [0.29, 0.717) is 22.7 Å². The summed E-state index contributed by atoms with van der Waals surface area (Å²) in [5.74, 6) is -0.648. The average Bonchev–Trinajstić information content (AvgIpc) is 3.57. The molecule has 0 spiro atoms. The maximum Gasteiger partial charge on any atom is 0.253 e. The highest BCUT2D eigenvalue weighted by Gasteiger charge is 2.46. The predicted octanol–water partition coefficient (Wildman–Crippen LogP) is 4.07. The summed E-state index contributed by atoms with van der Waals surface area (Å²) in [6, 6.07) is 16.0. The summed E-state index contributed by atoms with van der Waals surface area (Å²) in [6.07, 6.45) is 1.16. The number of aromatic nitrogens is 1. The molecule has 1 saturated heterocycles. The van der Waals surface area contributed by atoms with Crippen molar-refractivity contribution in [1.82, 2.24) is 9.29 Å². The van der Waals surface area contributed by atoms with Gasteiger partial charge in [0.15, 0.2) is 5.58 Å². The van der Waals surface area contributed by atoms with E-state index in [9.17, 15) is 18.0 Å². The van der Waals surface area contributed by atoms with Gasteiger partial charge in [-0.1, -0.05) is 24.3 Å². The number of fused-ring (bicyclic) bond motifs is 1. The number of amides is 2. The second-order valence-electron chi connectivity index (χ2n) is 7.62. The number of sulfonamides is 1. The Morgan fingerprint density at radius 3 is 2.56 bits per heavy atom. The maximum atomic E-state index is 13.3. The predicted molar refractivity (Wildman–Crippen MR) is 129 cm³/mol. The van der Waals surface area contributed by atoms with E-state index in [1.54, 1.807) is 35.7 Å². The van der Waals surface area contributed by atoms with E-state index in [1.807, 2.05) is 24.3 Å². The van der Waals surface area contributed by atoms with Crippen molar-refractivity contribution in [3.63, 3.8) is 0 Å². The molecule has 0 radical (unpaired) electrons. The van der Waals surface area contributed by atoms with Crippen LogP contribution in [0, 0.1) is 0 Å². The lowest BCUT2D eigenvalue weighted by molar-refractivity contribution is -0.122. The van der Waals surface area contributed by atoms with Crippen molar-refractivity contribution >= 4 is 50.0 Å². The molecule has 0 saturated carbocycles. The Labute approximate surface area is 199 Å². The zero-order valence-electron chi connectivity index (χ0n) is 17.8. The number of carbonyl (C=O) groups is 2. The van der Waals surface area contributed by atoms with Crippen LogP contribution >= 0.6 is 11.3 Å². The van der Waals surface area contributed by atoms with Crippen LogP contribution in [0.5, 0.6) is 0 Å². The maximum absolute atomic E-state index is 13.3. The fourth-order valence-electron chi connectivity index (χ4n) is 3.91. The molecule has 172 valence electrons. The molecule has 5 rings (SSSR count). The molecular weight excluding hydrogens is 474 g/mol. The van der Waals surface area contributed by atoms with Gasteiger partial charge in [-0.3, -0.25) is 9.59 Å². The van der Waals surface area contributed by atoms with Gasteiger partial charge < -0.3 is 4.42 Å². The third-order valence-electron chi connectivity index (χ3n) is 5.50. The minimum absolute atomic E-state index is 0.0889. The third-order valence-corrected chi connectivity index (χ3v) is 8.75. The molecule has 1 unspecified atom stereocenters. The number of imide groups is 1. The lowest BCUT2D eigenvalue weighted by Crippen LogP contribution is -2.45. The first kappa shape index (κ1) is 22.2. The summed E-state index contributed by atoms with van der Waals surface area (Å²) in [7, 11) is -3.96. The number of anilines is 1. The summed E-state index contributed by atoms with van der Waals surface area (Å²) in [5, 5.41) is 1.64. The Morgan fingerprint density at radius 2 is 1.88 bits per heavy atom. The molecule has 8 nitrogen and oxygen atoms in total. The topological polar surface area (TPSA) is 101 Å². The molecule has 4 aromatic rings. The molecule has 1 aliphatic heterocycles. The molecule has 3 heterocycles. The van der Waals surface area contributed by atoms with Crippen LogP contribution in [0.3, 0.4) is 0 Å². The van der Waals surface area contributed by atoms with E-state index >= 15 is 0 Å². The Hall–Kier alpha value is -3.60. The molecule has 34 heavy (non-hydrogen) atoms. The lowest BCUT2D eigenvalue weighted by atomic mass is 10.2. The van der Waals surface area contributed by atoms with Crippen LogP contribution in [0.25, 0.3) is 22.6 Å². The SMILES string of the molecule is C=CCN(C1CC(=O)N(c2ccc(-c3nc4ccccc4o3)cc2)C1=O)S(=O)(=O)c1cccs1. The molecule has 2 aromatic carbocycles. The van der Waals surface area contributed by atoms with Gasteiger partial charge in [-0.15, -0.1) is 17.9 Å². The number of nitrogens with zero attached hydrogens (tertiary/aromatic N) is 3. The van der Waals surface area contributed by atoms with Crippen LogP contribution in [0.1, 0.15) is 6.42 Å². The van der Waals surface area contributed by atoms with Crippen LogP contribution in [-0.4, -0.2) is 42.1 Å². The molecule has 1 fully saturated rings. The minimum Gasteiger partial charge on any atom is -0.436 e. The largest absolute Gasteiger partial charge is 0.436 e. The van der Waals surface area contributed by atoms with Crippen LogP contribution < -0.4 is 4.90 Å². The standard InChI is InChI=1S/C24H19N3O5S2/c1-2-13-26(34(30,31)22-8-5-14-33-22)19-15-21(28)27(24(19)29)17-11-9-16(10-12-17)23-25-18-6-3-4-7-20(18)32-23/h2-12,14,19H,1,13,15H2. The van der Waals surface area contributed by atoms with E-state index in [-0.39, 0.29) is 17.2 Å². The number of para-hydroxylation sites is 2. The van der Waals surface area contributed by atoms with Crippen LogP contribution in [-0.2, 0) is 19.6 Å². The summed E-state index contributed by atoms with van der Waals surface area (Å²) in [5.41, 5.74) is 2.42. The first-order chi connectivity index (χ1) is 16.4. The van der Waals surface area contributed by atoms with Crippen LogP contribution in [0.4, 0.5) is 5.69 Å². The number of thiophene rings is 1. The van der Waals surface area contributed by atoms with Gasteiger partial charge in [-0.05, 0) is 47.8 Å². The number of oxazole rings is 1. The second-order valence-corrected chi connectivity index (χ2v) is 10.7. The van der Waals surface area contributed by atoms with E-state index < -0.39 is 27.9 Å². The highest BCUT2D eigenvalue weighted by Crippen LogP contribution is 2.32. The van der Waals surface area contributed by atoms with Crippen molar-refractivity contribution in [3.05, 3.63) is 78.7 Å². The van der Waals surface area contributed by atoms with Crippen molar-refractivity contribution in [3.8, 4) is 11.5 Å². The van der Waals surface area contributed by atoms with Gasteiger partial charge in [0.05, 0.1) is 12.1 Å². The highest BCUT2D eigenvalue weighted by atomic mass is 32.2. The van der Waals surface area contributed by atoms with Gasteiger partial charge in [0.25, 0.3) is 15.9 Å². The smallest absolute Gasteiger partial charge is 0.253 e. The molecule has 1 atom stereocenters. The van der Waals surface area contributed by atoms with Crippen LogP contribution in [0.15, 0.2) is 87.3 Å². The van der Waals surface area contributed by atoms with E-state index in [4.69, 9.17) is 4.42 Å². The van der Waals surface area contributed by atoms with Crippen molar-refractivity contribution in [2.75, 3.05) is 11.4 Å². The van der Waals surface area contributed by atoms with Gasteiger partial charge in [0.2, 0.25) is 11.8 Å². The highest BCUT2D eigenvalue weighted by molar-refractivity contribution is 7.91. The van der Waals surface area contributed by atoms with Gasteiger partial charge in [0, 0.05) is 12.1 Å². The van der Waals surface area contributed by atoms with Gasteiger partial charge >= 0.3 is 0 Å². The Balaban J connectivity index is 1.43. The van der Waals surface area contributed by atoms with E-state index in [1.165, 1.54) is 12.1 Å². The fourth-order valence-corrected chi connectivity index (χ4v) is 6.58. The van der Waals surface area contributed by atoms with Crippen molar-refractivity contribution in [2.24, 2.45) is 0 Å². The molecular formula is C24H19N3O5S2. The minimum atomic E-state index is -3.96. The normalized spacial score (nSPS) is 16.6. The number of hydrogen-bond donors (Lipinski definition) is 0. The number of hydrogen-bond acceptors (Lipinski definition) is 7. The quantitative estimate of drug-likeness (QED) is 0.284. The second kappa shape index (κ2) is 8.64. The average molecular weight is 494 g/mol. The number of benzene rings is 2.